The number of hydrogen-bond acceptors (Lipinski definition) is 4. The van der Waals surface area contributed by atoms with Gasteiger partial charge in [0.25, 0.3) is 0 Å². The Balaban J connectivity index is 2.92. The number of hydrogen-bond donors (Lipinski definition) is 1. The molecule has 7 heteroatoms. The van der Waals surface area contributed by atoms with Gasteiger partial charge in [-0.05, 0) is 37.1 Å². The monoisotopic (exact) mass is 328 g/mol. The van der Waals surface area contributed by atoms with Crippen molar-refractivity contribution in [2.75, 3.05) is 24.2 Å². The van der Waals surface area contributed by atoms with E-state index in [9.17, 15) is 13.2 Å². The number of ether oxygens (including phenoxy) is 1. The van der Waals surface area contributed by atoms with Crippen LogP contribution in [0.2, 0.25) is 0 Å². The Morgan fingerprint density at radius 1 is 1.23 bits per heavy atom. The third-order valence-electron chi connectivity index (χ3n) is 3.44. The number of nitrogens with one attached hydrogen (secondary N) is 1. The van der Waals surface area contributed by atoms with Crippen LogP contribution in [0.25, 0.3) is 0 Å². The summed E-state index contributed by atoms with van der Waals surface area (Å²) in [4.78, 5) is 12.1. The molecule has 0 unspecified atom stereocenters. The van der Waals surface area contributed by atoms with E-state index in [4.69, 9.17) is 4.74 Å². The summed E-state index contributed by atoms with van der Waals surface area (Å²) in [6.07, 6.45) is 1.08. The van der Waals surface area contributed by atoms with Crippen LogP contribution in [0.4, 0.5) is 5.69 Å². The van der Waals surface area contributed by atoms with E-state index in [2.05, 4.69) is 5.32 Å². The lowest BCUT2D eigenvalue weighted by atomic mass is 10.1. The van der Waals surface area contributed by atoms with Crippen LogP contribution in [0.15, 0.2) is 24.3 Å². The second-order valence-electron chi connectivity index (χ2n) is 5.57. The Bertz CT molecular complexity index is 596. The summed E-state index contributed by atoms with van der Waals surface area (Å²) in [6, 6.07) is 6.51. The smallest absolute Gasteiger partial charge is 0.240 e. The van der Waals surface area contributed by atoms with Gasteiger partial charge < -0.3 is 10.1 Å². The molecule has 0 spiro atoms. The van der Waals surface area contributed by atoms with E-state index < -0.39 is 10.0 Å². The van der Waals surface area contributed by atoms with Gasteiger partial charge in [0.15, 0.2) is 0 Å². The Labute approximate surface area is 132 Å². The Kier molecular flexibility index (Phi) is 6.22. The fraction of sp³-hybridized carbons (Fsp3) is 0.533. The average Bonchev–Trinajstić information content (AvgIpc) is 2.43. The number of sulfonamides is 1. The molecule has 0 radical (unpaired) electrons. The zero-order valence-corrected chi connectivity index (χ0v) is 14.5. The normalized spacial score (nSPS) is 12.8. The quantitative estimate of drug-likeness (QED) is 0.825. The minimum atomic E-state index is -3.56. The van der Waals surface area contributed by atoms with E-state index in [1.54, 1.807) is 24.3 Å². The van der Waals surface area contributed by atoms with E-state index in [0.29, 0.717) is 11.4 Å². The molecule has 1 aromatic carbocycles. The van der Waals surface area contributed by atoms with Crippen molar-refractivity contribution in [3.05, 3.63) is 24.3 Å². The van der Waals surface area contributed by atoms with Crippen molar-refractivity contribution in [3.8, 4) is 5.75 Å². The second-order valence-corrected chi connectivity index (χ2v) is 7.47. The first kappa shape index (κ1) is 18.3. The van der Waals surface area contributed by atoms with Crippen LogP contribution in [-0.2, 0) is 14.8 Å². The summed E-state index contributed by atoms with van der Waals surface area (Å²) in [6.45, 7) is 5.62. The molecule has 0 aliphatic carbocycles. The molecule has 0 heterocycles. The maximum Gasteiger partial charge on any atom is 0.240 e. The number of amides is 1. The SMILES string of the molecule is COc1ccc(N(CC(=O)N[C@@H](C)C(C)C)S(C)(=O)=O)cc1. The fourth-order valence-electron chi connectivity index (χ4n) is 1.75. The summed E-state index contributed by atoms with van der Waals surface area (Å²) >= 11 is 0. The number of nitrogens with zero attached hydrogens (tertiary/aromatic N) is 1. The van der Waals surface area contributed by atoms with Gasteiger partial charge >= 0.3 is 0 Å². The molecular formula is C15H24N2O4S. The Morgan fingerprint density at radius 3 is 2.18 bits per heavy atom. The predicted octanol–water partition coefficient (Wildman–Crippen LogP) is 1.62. The number of benzene rings is 1. The molecule has 0 fully saturated rings. The molecule has 0 aliphatic heterocycles. The predicted molar refractivity (Wildman–Crippen MR) is 87.6 cm³/mol. The van der Waals surface area contributed by atoms with Crippen LogP contribution >= 0.6 is 0 Å². The van der Waals surface area contributed by atoms with Gasteiger partial charge in [-0.2, -0.15) is 0 Å². The lowest BCUT2D eigenvalue weighted by Crippen LogP contribution is -2.44. The van der Waals surface area contributed by atoms with Crippen molar-refractivity contribution in [2.24, 2.45) is 5.92 Å². The van der Waals surface area contributed by atoms with Crippen LogP contribution in [0, 0.1) is 5.92 Å². The van der Waals surface area contributed by atoms with Crippen molar-refractivity contribution >= 4 is 21.6 Å². The van der Waals surface area contributed by atoms with Gasteiger partial charge in [-0.1, -0.05) is 13.8 Å². The molecule has 1 aromatic rings. The van der Waals surface area contributed by atoms with E-state index >= 15 is 0 Å². The third kappa shape index (κ3) is 5.22. The first-order chi connectivity index (χ1) is 10.1. The second kappa shape index (κ2) is 7.49. The molecule has 124 valence electrons. The van der Waals surface area contributed by atoms with Crippen LogP contribution in [0.3, 0.4) is 0 Å². The van der Waals surface area contributed by atoms with Gasteiger partial charge in [-0.3, -0.25) is 9.10 Å². The van der Waals surface area contributed by atoms with Gasteiger partial charge in [0.05, 0.1) is 19.1 Å². The van der Waals surface area contributed by atoms with Gasteiger partial charge in [0.1, 0.15) is 12.3 Å². The summed E-state index contributed by atoms with van der Waals surface area (Å²) in [5, 5.41) is 2.80. The van der Waals surface area contributed by atoms with Crippen molar-refractivity contribution in [3.63, 3.8) is 0 Å². The molecule has 0 bridgehead atoms. The molecule has 0 aliphatic rings. The van der Waals surface area contributed by atoms with Crippen LogP contribution in [0.5, 0.6) is 5.75 Å². The number of anilines is 1. The van der Waals surface area contributed by atoms with Crippen molar-refractivity contribution in [1.82, 2.24) is 5.32 Å². The Hall–Kier alpha value is -1.76. The first-order valence-corrected chi connectivity index (χ1v) is 8.91. The highest BCUT2D eigenvalue weighted by Crippen LogP contribution is 2.21. The minimum Gasteiger partial charge on any atom is -0.497 e. The van der Waals surface area contributed by atoms with Crippen molar-refractivity contribution < 1.29 is 17.9 Å². The standard InChI is InChI=1S/C15H24N2O4S/c1-11(2)12(3)16-15(18)10-17(22(5,19)20)13-6-8-14(21-4)9-7-13/h6-9,11-12H,10H2,1-5H3,(H,16,18)/t12-/m0/s1. The highest BCUT2D eigenvalue weighted by molar-refractivity contribution is 7.92. The molecule has 1 atom stereocenters. The van der Waals surface area contributed by atoms with Crippen molar-refractivity contribution in [1.29, 1.82) is 0 Å². The van der Waals surface area contributed by atoms with E-state index in [0.717, 1.165) is 10.6 Å². The molecule has 22 heavy (non-hydrogen) atoms. The summed E-state index contributed by atoms with van der Waals surface area (Å²) in [5.74, 6) is 0.564. The molecule has 1 rings (SSSR count). The molecule has 1 amide bonds. The van der Waals surface area contributed by atoms with Gasteiger partial charge in [-0.15, -0.1) is 0 Å². The third-order valence-corrected chi connectivity index (χ3v) is 4.58. The summed E-state index contributed by atoms with van der Waals surface area (Å²) in [7, 11) is -2.03. The lowest BCUT2D eigenvalue weighted by Gasteiger charge is -2.24. The molecule has 6 nitrogen and oxygen atoms in total. The minimum absolute atomic E-state index is 0.0234. The number of carbonyl (C=O) groups is 1. The van der Waals surface area contributed by atoms with E-state index in [1.165, 1.54) is 7.11 Å². The van der Waals surface area contributed by atoms with Crippen LogP contribution < -0.4 is 14.4 Å². The number of rotatable bonds is 7. The first-order valence-electron chi connectivity index (χ1n) is 7.06. The highest BCUT2D eigenvalue weighted by Gasteiger charge is 2.22. The fourth-order valence-corrected chi connectivity index (χ4v) is 2.60. The topological polar surface area (TPSA) is 75.7 Å². The molecule has 0 saturated heterocycles. The zero-order chi connectivity index (χ0) is 16.9. The van der Waals surface area contributed by atoms with Crippen LogP contribution in [-0.4, -0.2) is 40.3 Å². The molecule has 0 saturated carbocycles. The zero-order valence-electron chi connectivity index (χ0n) is 13.7. The van der Waals surface area contributed by atoms with Gasteiger partial charge in [0, 0.05) is 6.04 Å². The van der Waals surface area contributed by atoms with Gasteiger partial charge in [-0.25, -0.2) is 8.42 Å². The average molecular weight is 328 g/mol. The van der Waals surface area contributed by atoms with Gasteiger partial charge in [0.2, 0.25) is 15.9 Å². The highest BCUT2D eigenvalue weighted by atomic mass is 32.2. The van der Waals surface area contributed by atoms with E-state index in [-0.39, 0.29) is 24.4 Å². The largest absolute Gasteiger partial charge is 0.497 e. The maximum absolute atomic E-state index is 12.1. The number of methoxy groups -OCH3 is 1. The molecular weight excluding hydrogens is 304 g/mol. The lowest BCUT2D eigenvalue weighted by molar-refractivity contribution is -0.120. The summed E-state index contributed by atoms with van der Waals surface area (Å²) in [5.41, 5.74) is 0.427. The maximum atomic E-state index is 12.1. The molecule has 1 N–H and O–H groups in total. The van der Waals surface area contributed by atoms with Crippen LogP contribution in [0.1, 0.15) is 20.8 Å². The summed E-state index contributed by atoms with van der Waals surface area (Å²) < 4.78 is 30.0. The Morgan fingerprint density at radius 2 is 1.77 bits per heavy atom. The number of carbonyl (C=O) groups excluding carboxylic acids is 1. The van der Waals surface area contributed by atoms with Crippen molar-refractivity contribution in [2.45, 2.75) is 26.8 Å². The molecule has 0 aromatic heterocycles. The van der Waals surface area contributed by atoms with E-state index in [1.807, 2.05) is 20.8 Å².